The van der Waals surface area contributed by atoms with Crippen LogP contribution in [0.25, 0.3) is 22.2 Å². The molecule has 4 heteroatoms. The second kappa shape index (κ2) is 4.55. The molecule has 0 bridgehead atoms. The van der Waals surface area contributed by atoms with Crippen LogP contribution in [0.5, 0.6) is 0 Å². The summed E-state index contributed by atoms with van der Waals surface area (Å²) in [5, 5.41) is 1.12. The maximum atomic E-state index is 5.09. The lowest BCUT2D eigenvalue weighted by Gasteiger charge is -2.07. The number of aromatic nitrogens is 3. The Bertz CT molecular complexity index is 821. The molecule has 0 aliphatic heterocycles. The Morgan fingerprint density at radius 3 is 2.79 bits per heavy atom. The first-order valence-electron chi connectivity index (χ1n) is 6.07. The molecule has 94 valence electrons. The van der Waals surface area contributed by atoms with E-state index in [0.29, 0.717) is 4.77 Å². The summed E-state index contributed by atoms with van der Waals surface area (Å²) in [7, 11) is 0. The van der Waals surface area contributed by atoms with Crippen LogP contribution in [0.15, 0.2) is 36.5 Å². The lowest BCUT2D eigenvalue weighted by molar-refractivity contribution is 1.11. The van der Waals surface area contributed by atoms with Gasteiger partial charge in [-0.25, -0.2) is 4.98 Å². The molecular formula is C15H13N3S. The van der Waals surface area contributed by atoms with Gasteiger partial charge in [-0.05, 0) is 55.4 Å². The van der Waals surface area contributed by atoms with Gasteiger partial charge in [0.05, 0.1) is 11.2 Å². The van der Waals surface area contributed by atoms with Crippen molar-refractivity contribution in [3.8, 4) is 11.3 Å². The molecule has 0 amide bonds. The van der Waals surface area contributed by atoms with E-state index in [2.05, 4.69) is 33.2 Å². The van der Waals surface area contributed by atoms with Crippen molar-refractivity contribution >= 4 is 23.1 Å². The first-order valence-corrected chi connectivity index (χ1v) is 6.48. The van der Waals surface area contributed by atoms with Gasteiger partial charge in [0.25, 0.3) is 0 Å². The summed E-state index contributed by atoms with van der Waals surface area (Å²) in [6, 6.07) is 10.3. The van der Waals surface area contributed by atoms with Crippen molar-refractivity contribution in [3.63, 3.8) is 0 Å². The van der Waals surface area contributed by atoms with Crippen LogP contribution in [0.2, 0.25) is 0 Å². The third kappa shape index (κ3) is 2.27. The number of aryl methyl sites for hydroxylation is 2. The molecule has 3 nitrogen and oxygen atoms in total. The van der Waals surface area contributed by atoms with E-state index in [1.165, 1.54) is 0 Å². The third-order valence-electron chi connectivity index (χ3n) is 3.12. The maximum absolute atomic E-state index is 5.09. The Morgan fingerprint density at radius 2 is 1.95 bits per heavy atom. The zero-order valence-corrected chi connectivity index (χ0v) is 11.6. The van der Waals surface area contributed by atoms with Crippen molar-refractivity contribution in [2.45, 2.75) is 13.8 Å². The standard InChI is InChI=1S/C15H13N3S/c1-9-8-16-15(19)18-14(9)12-5-6-13-11(7-12)4-3-10(2)17-13/h3-8H,1-2H3,(H,16,18,19). The van der Waals surface area contributed by atoms with E-state index in [0.717, 1.165) is 33.4 Å². The molecular weight excluding hydrogens is 254 g/mol. The van der Waals surface area contributed by atoms with Crippen LogP contribution in [-0.4, -0.2) is 15.0 Å². The second-order valence-electron chi connectivity index (χ2n) is 4.61. The van der Waals surface area contributed by atoms with E-state index < -0.39 is 0 Å². The summed E-state index contributed by atoms with van der Waals surface area (Å²) in [5.74, 6) is 0. The summed E-state index contributed by atoms with van der Waals surface area (Å²) >= 11 is 5.09. The molecule has 3 aromatic rings. The number of fused-ring (bicyclic) bond motifs is 1. The molecule has 0 atom stereocenters. The van der Waals surface area contributed by atoms with Gasteiger partial charge >= 0.3 is 0 Å². The fourth-order valence-corrected chi connectivity index (χ4v) is 2.30. The molecule has 0 aliphatic rings. The van der Waals surface area contributed by atoms with E-state index in [4.69, 9.17) is 12.2 Å². The fourth-order valence-electron chi connectivity index (χ4n) is 2.14. The average molecular weight is 267 g/mol. The molecule has 0 fully saturated rings. The highest BCUT2D eigenvalue weighted by Gasteiger charge is 2.04. The van der Waals surface area contributed by atoms with E-state index in [-0.39, 0.29) is 0 Å². The number of hydrogen-bond acceptors (Lipinski definition) is 3. The smallest absolute Gasteiger partial charge is 0.197 e. The number of rotatable bonds is 1. The van der Waals surface area contributed by atoms with Crippen LogP contribution in [0.3, 0.4) is 0 Å². The number of H-pyrrole nitrogens is 1. The summed E-state index contributed by atoms with van der Waals surface area (Å²) in [4.78, 5) is 11.7. The molecule has 0 spiro atoms. The normalized spacial score (nSPS) is 10.8. The van der Waals surface area contributed by atoms with Crippen molar-refractivity contribution in [3.05, 3.63) is 52.6 Å². The van der Waals surface area contributed by atoms with Crippen LogP contribution in [0.4, 0.5) is 0 Å². The highest BCUT2D eigenvalue weighted by molar-refractivity contribution is 7.71. The largest absolute Gasteiger partial charge is 0.330 e. The molecule has 1 aromatic carbocycles. The Balaban J connectivity index is 2.23. The summed E-state index contributed by atoms with van der Waals surface area (Å²) in [6.45, 7) is 4.02. The van der Waals surface area contributed by atoms with Crippen LogP contribution in [0.1, 0.15) is 11.3 Å². The van der Waals surface area contributed by atoms with Gasteiger partial charge in [0.15, 0.2) is 4.77 Å². The highest BCUT2D eigenvalue weighted by Crippen LogP contribution is 2.24. The van der Waals surface area contributed by atoms with Crippen molar-refractivity contribution in [2.24, 2.45) is 0 Å². The van der Waals surface area contributed by atoms with Gasteiger partial charge in [0.1, 0.15) is 0 Å². The molecule has 2 heterocycles. The number of nitrogens with one attached hydrogen (secondary N) is 1. The van der Waals surface area contributed by atoms with Crippen LogP contribution in [0, 0.1) is 18.6 Å². The van der Waals surface area contributed by atoms with Crippen molar-refractivity contribution in [2.75, 3.05) is 0 Å². The molecule has 2 aromatic heterocycles. The van der Waals surface area contributed by atoms with E-state index in [9.17, 15) is 0 Å². The van der Waals surface area contributed by atoms with Gasteiger partial charge in [-0.1, -0.05) is 12.1 Å². The molecule has 0 unspecified atom stereocenters. The molecule has 0 saturated heterocycles. The Morgan fingerprint density at radius 1 is 1.11 bits per heavy atom. The topological polar surface area (TPSA) is 41.6 Å². The van der Waals surface area contributed by atoms with Crippen LogP contribution in [-0.2, 0) is 0 Å². The predicted molar refractivity (Wildman–Crippen MR) is 79.6 cm³/mol. The lowest BCUT2D eigenvalue weighted by atomic mass is 10.1. The second-order valence-corrected chi connectivity index (χ2v) is 4.99. The van der Waals surface area contributed by atoms with Gasteiger partial charge in [0.2, 0.25) is 0 Å². The number of aromatic amines is 1. The van der Waals surface area contributed by atoms with Crippen LogP contribution >= 0.6 is 12.2 Å². The Hall–Kier alpha value is -2.07. The number of hydrogen-bond donors (Lipinski definition) is 1. The Kier molecular flexibility index (Phi) is 2.87. The van der Waals surface area contributed by atoms with Gasteiger partial charge in [0, 0.05) is 17.3 Å². The summed E-state index contributed by atoms with van der Waals surface area (Å²) in [6.07, 6.45) is 1.80. The van der Waals surface area contributed by atoms with Crippen LogP contribution < -0.4 is 0 Å². The minimum Gasteiger partial charge on any atom is -0.330 e. The molecule has 0 radical (unpaired) electrons. The van der Waals surface area contributed by atoms with E-state index in [1.54, 1.807) is 6.20 Å². The lowest BCUT2D eigenvalue weighted by Crippen LogP contribution is -1.92. The van der Waals surface area contributed by atoms with Crippen molar-refractivity contribution < 1.29 is 0 Å². The summed E-state index contributed by atoms with van der Waals surface area (Å²) in [5.41, 5.74) is 5.23. The maximum Gasteiger partial charge on any atom is 0.197 e. The minimum absolute atomic E-state index is 0.503. The quantitative estimate of drug-likeness (QED) is 0.678. The highest BCUT2D eigenvalue weighted by atomic mass is 32.1. The molecule has 0 saturated carbocycles. The SMILES string of the molecule is Cc1ccc2cc(-c3[nH]c(=S)ncc3C)ccc2n1. The zero-order chi connectivity index (χ0) is 13.4. The molecule has 1 N–H and O–H groups in total. The van der Waals surface area contributed by atoms with Gasteiger partial charge in [-0.3, -0.25) is 4.98 Å². The third-order valence-corrected chi connectivity index (χ3v) is 3.33. The van der Waals surface area contributed by atoms with Gasteiger partial charge in [-0.15, -0.1) is 0 Å². The zero-order valence-electron chi connectivity index (χ0n) is 10.8. The van der Waals surface area contributed by atoms with Crippen molar-refractivity contribution in [1.82, 2.24) is 15.0 Å². The van der Waals surface area contributed by atoms with Crippen molar-refractivity contribution in [1.29, 1.82) is 0 Å². The number of nitrogens with zero attached hydrogens (tertiary/aromatic N) is 2. The monoisotopic (exact) mass is 267 g/mol. The molecule has 0 aliphatic carbocycles. The number of benzene rings is 1. The fraction of sp³-hybridized carbons (Fsp3) is 0.133. The van der Waals surface area contributed by atoms with Gasteiger partial charge < -0.3 is 4.98 Å². The van der Waals surface area contributed by atoms with E-state index in [1.807, 2.05) is 26.0 Å². The summed E-state index contributed by atoms with van der Waals surface area (Å²) < 4.78 is 0.503. The molecule has 19 heavy (non-hydrogen) atoms. The average Bonchev–Trinajstić information content (AvgIpc) is 2.41. The first kappa shape index (κ1) is 12.0. The minimum atomic E-state index is 0.503. The Labute approximate surface area is 116 Å². The first-order chi connectivity index (χ1) is 9.13. The predicted octanol–water partition coefficient (Wildman–Crippen LogP) is 3.97. The number of pyridine rings is 1. The van der Waals surface area contributed by atoms with E-state index >= 15 is 0 Å². The molecule has 3 rings (SSSR count). The van der Waals surface area contributed by atoms with Gasteiger partial charge in [-0.2, -0.15) is 0 Å².